The number of nitrogens with one attached hydrogen (secondary N) is 2. The van der Waals surface area contributed by atoms with Crippen molar-refractivity contribution < 1.29 is 36.2 Å². The van der Waals surface area contributed by atoms with Gasteiger partial charge in [0.2, 0.25) is 10.0 Å². The van der Waals surface area contributed by atoms with E-state index in [1.54, 1.807) is 0 Å². The summed E-state index contributed by atoms with van der Waals surface area (Å²) in [5, 5.41) is 14.3. The molecule has 3 atom stereocenters. The van der Waals surface area contributed by atoms with E-state index in [0.29, 0.717) is 0 Å². The number of hydrogen-bond donors (Lipinski definition) is 3. The van der Waals surface area contributed by atoms with E-state index in [4.69, 9.17) is 0 Å². The fraction of sp³-hybridized carbons (Fsp3) is 0.321. The van der Waals surface area contributed by atoms with Crippen LogP contribution in [0, 0.1) is 0 Å². The monoisotopic (exact) mass is 590 g/mol. The minimum atomic E-state index is -4.92. The summed E-state index contributed by atoms with van der Waals surface area (Å²) < 4.78 is 70.5. The van der Waals surface area contributed by atoms with Crippen LogP contribution in [0.5, 0.6) is 5.75 Å². The Morgan fingerprint density at radius 3 is 2.02 bits per heavy atom. The first-order chi connectivity index (χ1) is 19.5. The van der Waals surface area contributed by atoms with Gasteiger partial charge in [0, 0.05) is 31.5 Å². The van der Waals surface area contributed by atoms with E-state index in [1.807, 2.05) is 53.4 Å². The number of carbonyl (C=O) groups excluding carboxylic acids is 1. The number of benzene rings is 3. The van der Waals surface area contributed by atoms with Gasteiger partial charge in [0.05, 0.1) is 23.1 Å². The molecule has 218 valence electrons. The summed E-state index contributed by atoms with van der Waals surface area (Å²) in [5.74, 6) is -0.571. The lowest BCUT2D eigenvalue weighted by Crippen LogP contribution is -2.66. The third-order valence-corrected chi connectivity index (χ3v) is 8.81. The first-order valence-corrected chi connectivity index (χ1v) is 14.4. The van der Waals surface area contributed by atoms with Crippen LogP contribution in [0.15, 0.2) is 77.7 Å². The Morgan fingerprint density at radius 1 is 0.927 bits per heavy atom. The molecule has 3 aromatic rings. The number of hydrogen-bond acceptors (Lipinski definition) is 6. The van der Waals surface area contributed by atoms with Crippen LogP contribution in [0.2, 0.25) is 0 Å². The van der Waals surface area contributed by atoms with Crippen LogP contribution >= 0.6 is 0 Å². The molecular formula is C28H29F3N4O5S. The lowest BCUT2D eigenvalue weighted by Gasteiger charge is -2.47. The largest absolute Gasteiger partial charge is 0.573 e. The van der Waals surface area contributed by atoms with Gasteiger partial charge in [0.15, 0.2) is 0 Å². The molecule has 0 aromatic heterocycles. The number of sulfonamides is 1. The van der Waals surface area contributed by atoms with E-state index in [9.17, 15) is 31.5 Å². The van der Waals surface area contributed by atoms with Crippen molar-refractivity contribution in [2.24, 2.45) is 0 Å². The lowest BCUT2D eigenvalue weighted by molar-refractivity contribution is -0.274. The lowest BCUT2D eigenvalue weighted by atomic mass is 9.94. The average molecular weight is 591 g/mol. The number of likely N-dealkylation sites (tertiary alicyclic amines) is 1. The molecule has 2 aliphatic rings. The van der Waals surface area contributed by atoms with Crippen LogP contribution in [-0.4, -0.2) is 69.1 Å². The van der Waals surface area contributed by atoms with Crippen LogP contribution in [0.25, 0.3) is 0 Å². The fourth-order valence-electron chi connectivity index (χ4n) is 5.45. The number of piperidine rings is 1. The maximum atomic E-state index is 13.3. The molecule has 2 amide bonds. The van der Waals surface area contributed by atoms with Crippen LogP contribution in [-0.2, 0) is 22.9 Å². The molecule has 2 aliphatic heterocycles. The highest BCUT2D eigenvalue weighted by molar-refractivity contribution is 7.89. The number of halogens is 3. The number of nitrogens with zero attached hydrogens (tertiary/aromatic N) is 2. The van der Waals surface area contributed by atoms with E-state index in [-0.39, 0.29) is 18.0 Å². The number of carbonyl (C=O) groups is 1. The number of urea groups is 1. The Labute approximate surface area is 235 Å². The number of amides is 2. The smallest absolute Gasteiger partial charge is 0.406 e. The van der Waals surface area contributed by atoms with Gasteiger partial charge < -0.3 is 25.0 Å². The predicted octanol–water partition coefficient (Wildman–Crippen LogP) is 3.55. The molecule has 0 radical (unpaired) electrons. The molecule has 0 bridgehead atoms. The van der Waals surface area contributed by atoms with E-state index >= 15 is 0 Å². The van der Waals surface area contributed by atoms with Crippen molar-refractivity contribution in [1.82, 2.24) is 14.9 Å². The van der Waals surface area contributed by atoms with Crippen LogP contribution < -0.4 is 19.7 Å². The fourth-order valence-corrected chi connectivity index (χ4v) is 6.69. The minimum absolute atomic E-state index is 0.102. The maximum absolute atomic E-state index is 13.3. The van der Waals surface area contributed by atoms with Gasteiger partial charge in [-0.05, 0) is 60.4 Å². The molecule has 3 aromatic carbocycles. The van der Waals surface area contributed by atoms with Crippen LogP contribution in [0.1, 0.15) is 11.1 Å². The first-order valence-electron chi connectivity index (χ1n) is 12.9. The van der Waals surface area contributed by atoms with Gasteiger partial charge in [0.25, 0.3) is 0 Å². The highest BCUT2D eigenvalue weighted by atomic mass is 32.2. The summed E-state index contributed by atoms with van der Waals surface area (Å²) in [7, 11) is -2.85. The number of alkyl halides is 3. The zero-order chi connectivity index (χ0) is 29.4. The third-order valence-electron chi connectivity index (χ3n) is 7.30. The Morgan fingerprint density at radius 2 is 1.49 bits per heavy atom. The van der Waals surface area contributed by atoms with E-state index in [1.165, 1.54) is 11.9 Å². The van der Waals surface area contributed by atoms with Gasteiger partial charge in [-0.25, -0.2) is 17.9 Å². The van der Waals surface area contributed by atoms with Gasteiger partial charge in [-0.3, -0.25) is 0 Å². The van der Waals surface area contributed by atoms with Gasteiger partial charge in [-0.15, -0.1) is 13.2 Å². The standard InChI is InChI=1S/C28H29F3N4O5S/c1-32-27(37)34-16-22(33-41(38,39)21-14-12-20(13-15-21)40-28(29,30)31)26(36)25(17-34)35-23-8-4-2-6-18(23)10-11-19-7-3-5-9-24(19)35/h2-9,12-15,22,25-26,33,36H,10-11,16-17H2,1H3,(H,32,37)/t22-,25?,26+/m1/s1. The second-order valence-electron chi connectivity index (χ2n) is 9.89. The van der Waals surface area contributed by atoms with Crippen LogP contribution in [0.4, 0.5) is 29.3 Å². The molecule has 0 spiro atoms. The minimum Gasteiger partial charge on any atom is -0.406 e. The van der Waals surface area contributed by atoms with Gasteiger partial charge in [0.1, 0.15) is 5.75 Å². The normalized spacial score (nSPS) is 21.0. The van der Waals surface area contributed by atoms with E-state index in [2.05, 4.69) is 14.8 Å². The molecule has 5 rings (SSSR count). The molecule has 13 heteroatoms. The molecule has 2 heterocycles. The molecule has 0 saturated carbocycles. The summed E-state index contributed by atoms with van der Waals surface area (Å²) in [6, 6.07) is 17.0. The molecule has 1 fully saturated rings. The number of aliphatic hydroxyl groups is 1. The Balaban J connectivity index is 1.50. The molecule has 1 unspecified atom stereocenters. The molecule has 1 saturated heterocycles. The van der Waals surface area contributed by atoms with Gasteiger partial charge in [-0.2, -0.15) is 0 Å². The van der Waals surface area contributed by atoms with Crippen molar-refractivity contribution in [3.63, 3.8) is 0 Å². The van der Waals surface area contributed by atoms with Crippen molar-refractivity contribution in [3.05, 3.63) is 83.9 Å². The summed E-state index contributed by atoms with van der Waals surface area (Å²) in [6.07, 6.45) is -4.67. The SMILES string of the molecule is CNC(=O)N1CC(N2c3ccccc3CCc3ccccc32)[C@@H](O)[C@H](NS(=O)(=O)c2ccc(OC(F)(F)F)cc2)C1. The van der Waals surface area contributed by atoms with E-state index in [0.717, 1.165) is 59.6 Å². The van der Waals surface area contributed by atoms with Crippen molar-refractivity contribution in [2.45, 2.75) is 42.3 Å². The second-order valence-corrected chi connectivity index (χ2v) is 11.6. The number of aliphatic hydroxyl groups excluding tert-OH is 1. The predicted molar refractivity (Wildman–Crippen MR) is 145 cm³/mol. The van der Waals surface area contributed by atoms with Crippen LogP contribution in [0.3, 0.4) is 0 Å². The molecule has 9 nitrogen and oxygen atoms in total. The summed E-state index contributed by atoms with van der Waals surface area (Å²) >= 11 is 0. The van der Waals surface area contributed by atoms with Gasteiger partial charge >= 0.3 is 12.4 Å². The number of para-hydroxylation sites is 2. The van der Waals surface area contributed by atoms with Crippen molar-refractivity contribution in [2.75, 3.05) is 25.0 Å². The maximum Gasteiger partial charge on any atom is 0.573 e. The van der Waals surface area contributed by atoms with Crippen molar-refractivity contribution >= 4 is 27.4 Å². The second kappa shape index (κ2) is 11.2. The molecular weight excluding hydrogens is 561 g/mol. The van der Waals surface area contributed by atoms with Crippen molar-refractivity contribution in [3.8, 4) is 5.75 Å². The number of aryl methyl sites for hydroxylation is 2. The highest BCUT2D eigenvalue weighted by Gasteiger charge is 2.44. The summed E-state index contributed by atoms with van der Waals surface area (Å²) in [5.41, 5.74) is 3.79. The Kier molecular flexibility index (Phi) is 7.86. The first kappa shape index (κ1) is 28.7. The number of rotatable bonds is 5. The van der Waals surface area contributed by atoms with Crippen molar-refractivity contribution in [1.29, 1.82) is 0 Å². The number of anilines is 2. The Hall–Kier alpha value is -3.81. The summed E-state index contributed by atoms with van der Waals surface area (Å²) in [6.45, 7) is -0.0335. The van der Waals surface area contributed by atoms with Gasteiger partial charge in [-0.1, -0.05) is 36.4 Å². The molecule has 0 aliphatic carbocycles. The summed E-state index contributed by atoms with van der Waals surface area (Å²) in [4.78, 5) is 15.9. The zero-order valence-electron chi connectivity index (χ0n) is 22.0. The highest BCUT2D eigenvalue weighted by Crippen LogP contribution is 2.39. The van der Waals surface area contributed by atoms with E-state index < -0.39 is 46.4 Å². The topological polar surface area (TPSA) is 111 Å². The Bertz CT molecular complexity index is 1470. The zero-order valence-corrected chi connectivity index (χ0v) is 22.8. The average Bonchev–Trinajstić information content (AvgIpc) is 3.10. The molecule has 41 heavy (non-hydrogen) atoms. The number of fused-ring (bicyclic) bond motifs is 2. The quantitative estimate of drug-likeness (QED) is 0.419. The third kappa shape index (κ3) is 6.11. The molecule has 3 N–H and O–H groups in total. The number of ether oxygens (including phenoxy) is 1.